The van der Waals surface area contributed by atoms with Crippen molar-refractivity contribution in [3.63, 3.8) is 0 Å². The van der Waals surface area contributed by atoms with Gasteiger partial charge in [-0.25, -0.2) is 0 Å². The molecule has 0 aliphatic rings. The van der Waals surface area contributed by atoms with E-state index in [1.165, 1.54) is 19.1 Å². The molecule has 86 valence electrons. The van der Waals surface area contributed by atoms with Crippen LogP contribution in [0.2, 0.25) is 4.34 Å². The lowest BCUT2D eigenvalue weighted by Crippen LogP contribution is -2.14. The van der Waals surface area contributed by atoms with Gasteiger partial charge in [-0.1, -0.05) is 11.6 Å². The second kappa shape index (κ2) is 5.19. The summed E-state index contributed by atoms with van der Waals surface area (Å²) < 4.78 is 2.01. The summed E-state index contributed by atoms with van der Waals surface area (Å²) in [6.45, 7) is 2.12. The molecule has 0 saturated carbocycles. The van der Waals surface area contributed by atoms with Crippen LogP contribution in [-0.4, -0.2) is 7.05 Å². The molecule has 0 spiro atoms. The summed E-state index contributed by atoms with van der Waals surface area (Å²) in [5.41, 5.74) is 0. The first-order valence-electron chi connectivity index (χ1n) is 4.80. The van der Waals surface area contributed by atoms with E-state index in [1.54, 1.807) is 22.7 Å². The van der Waals surface area contributed by atoms with Crippen molar-refractivity contribution in [2.75, 3.05) is 7.05 Å². The van der Waals surface area contributed by atoms with E-state index in [2.05, 4.69) is 40.3 Å². The van der Waals surface area contributed by atoms with E-state index in [0.717, 1.165) is 4.34 Å². The SMILES string of the molecule is CNC(c1ccc(Cl)s1)c1cc(Br)c(C)s1. The number of hydrogen-bond donors (Lipinski definition) is 1. The minimum absolute atomic E-state index is 0.243. The van der Waals surface area contributed by atoms with Gasteiger partial charge >= 0.3 is 0 Å². The summed E-state index contributed by atoms with van der Waals surface area (Å²) in [7, 11) is 1.97. The molecule has 0 fully saturated rings. The molecule has 0 radical (unpaired) electrons. The molecule has 2 heterocycles. The molecule has 2 aromatic heterocycles. The lowest BCUT2D eigenvalue weighted by Gasteiger charge is -2.11. The fourth-order valence-electron chi connectivity index (χ4n) is 1.53. The molecular weight excluding hydrogens is 326 g/mol. The standard InChI is InChI=1S/C11H11BrClNS2/c1-6-7(12)5-9(15-6)11(14-2)8-3-4-10(13)16-8/h3-5,11,14H,1-2H3. The van der Waals surface area contributed by atoms with Crippen molar-refractivity contribution in [2.45, 2.75) is 13.0 Å². The van der Waals surface area contributed by atoms with Crippen LogP contribution in [0.15, 0.2) is 22.7 Å². The van der Waals surface area contributed by atoms with Gasteiger partial charge in [0.15, 0.2) is 0 Å². The van der Waals surface area contributed by atoms with Crippen molar-refractivity contribution in [1.82, 2.24) is 5.32 Å². The summed E-state index contributed by atoms with van der Waals surface area (Å²) in [5, 5.41) is 3.33. The van der Waals surface area contributed by atoms with Gasteiger partial charge in [0.05, 0.1) is 10.4 Å². The van der Waals surface area contributed by atoms with Gasteiger partial charge in [-0.05, 0) is 48.1 Å². The molecule has 2 rings (SSSR count). The summed E-state index contributed by atoms with van der Waals surface area (Å²) >= 11 is 13.0. The Bertz CT molecular complexity index is 472. The first-order chi connectivity index (χ1) is 7.61. The number of nitrogens with one attached hydrogen (secondary N) is 1. The minimum Gasteiger partial charge on any atom is -0.308 e. The van der Waals surface area contributed by atoms with Crippen LogP contribution in [0.1, 0.15) is 20.7 Å². The van der Waals surface area contributed by atoms with Crippen molar-refractivity contribution in [3.8, 4) is 0 Å². The van der Waals surface area contributed by atoms with Gasteiger partial charge < -0.3 is 5.32 Å². The molecule has 2 aromatic rings. The predicted octanol–water partition coefficient (Wildman–Crippen LogP) is 4.84. The zero-order valence-electron chi connectivity index (χ0n) is 8.88. The maximum absolute atomic E-state index is 5.97. The molecule has 5 heteroatoms. The number of hydrogen-bond acceptors (Lipinski definition) is 3. The van der Waals surface area contributed by atoms with Gasteiger partial charge in [-0.15, -0.1) is 22.7 Å². The topological polar surface area (TPSA) is 12.0 Å². The number of rotatable bonds is 3. The Labute approximate surface area is 117 Å². The quantitative estimate of drug-likeness (QED) is 0.845. The first kappa shape index (κ1) is 12.6. The predicted molar refractivity (Wildman–Crippen MR) is 77.0 cm³/mol. The van der Waals surface area contributed by atoms with Gasteiger partial charge in [0.2, 0.25) is 0 Å². The number of thiophene rings is 2. The Morgan fingerprint density at radius 3 is 2.50 bits per heavy atom. The van der Waals surface area contributed by atoms with E-state index in [9.17, 15) is 0 Å². The van der Waals surface area contributed by atoms with Crippen molar-refractivity contribution in [2.24, 2.45) is 0 Å². The fourth-order valence-corrected chi connectivity index (χ4v) is 4.49. The molecule has 1 unspecified atom stereocenters. The largest absolute Gasteiger partial charge is 0.308 e. The molecule has 1 nitrogen and oxygen atoms in total. The van der Waals surface area contributed by atoms with Crippen molar-refractivity contribution in [1.29, 1.82) is 0 Å². The third-order valence-corrected chi connectivity index (χ3v) is 5.83. The highest BCUT2D eigenvalue weighted by Crippen LogP contribution is 2.36. The van der Waals surface area contributed by atoms with Gasteiger partial charge in [-0.2, -0.15) is 0 Å². The van der Waals surface area contributed by atoms with Crippen LogP contribution < -0.4 is 5.32 Å². The van der Waals surface area contributed by atoms with Crippen LogP contribution in [0.3, 0.4) is 0 Å². The number of aryl methyl sites for hydroxylation is 1. The summed E-state index contributed by atoms with van der Waals surface area (Å²) in [4.78, 5) is 3.87. The van der Waals surface area contributed by atoms with Gasteiger partial charge in [0, 0.05) is 19.1 Å². The van der Waals surface area contributed by atoms with Crippen LogP contribution in [0.4, 0.5) is 0 Å². The smallest absolute Gasteiger partial charge is 0.0931 e. The first-order valence-corrected chi connectivity index (χ1v) is 7.60. The van der Waals surface area contributed by atoms with Crippen LogP contribution in [0.5, 0.6) is 0 Å². The third kappa shape index (κ3) is 2.51. The highest BCUT2D eigenvalue weighted by atomic mass is 79.9. The molecule has 0 aliphatic heterocycles. The van der Waals surface area contributed by atoms with Crippen LogP contribution in [0.25, 0.3) is 0 Å². The maximum atomic E-state index is 5.97. The van der Waals surface area contributed by atoms with Gasteiger partial charge in [0.25, 0.3) is 0 Å². The van der Waals surface area contributed by atoms with Gasteiger partial charge in [0.1, 0.15) is 0 Å². The van der Waals surface area contributed by atoms with Crippen molar-refractivity contribution < 1.29 is 0 Å². The van der Waals surface area contributed by atoms with E-state index in [1.807, 2.05) is 13.1 Å². The van der Waals surface area contributed by atoms with Crippen LogP contribution >= 0.6 is 50.2 Å². The van der Waals surface area contributed by atoms with E-state index >= 15 is 0 Å². The average molecular weight is 337 g/mol. The van der Waals surface area contributed by atoms with Crippen LogP contribution in [0, 0.1) is 6.92 Å². The van der Waals surface area contributed by atoms with E-state index in [0.29, 0.717) is 0 Å². The molecule has 0 saturated heterocycles. The Morgan fingerprint density at radius 1 is 1.31 bits per heavy atom. The summed E-state index contributed by atoms with van der Waals surface area (Å²) in [6.07, 6.45) is 0. The second-order valence-corrected chi connectivity index (χ2v) is 7.31. The lowest BCUT2D eigenvalue weighted by atomic mass is 10.2. The molecule has 0 amide bonds. The number of halogens is 2. The van der Waals surface area contributed by atoms with E-state index in [-0.39, 0.29) is 6.04 Å². The third-order valence-electron chi connectivity index (χ3n) is 2.33. The van der Waals surface area contributed by atoms with Crippen molar-refractivity contribution in [3.05, 3.63) is 41.6 Å². The molecule has 0 aliphatic carbocycles. The van der Waals surface area contributed by atoms with Crippen LogP contribution in [-0.2, 0) is 0 Å². The normalized spacial score (nSPS) is 13.0. The highest BCUT2D eigenvalue weighted by Gasteiger charge is 2.17. The fraction of sp³-hybridized carbons (Fsp3) is 0.273. The Morgan fingerprint density at radius 2 is 2.06 bits per heavy atom. The second-order valence-electron chi connectivity index (χ2n) is 3.42. The zero-order chi connectivity index (χ0) is 11.7. The maximum Gasteiger partial charge on any atom is 0.0931 e. The highest BCUT2D eigenvalue weighted by molar-refractivity contribution is 9.10. The zero-order valence-corrected chi connectivity index (χ0v) is 12.9. The van der Waals surface area contributed by atoms with E-state index < -0.39 is 0 Å². The van der Waals surface area contributed by atoms with E-state index in [4.69, 9.17) is 11.6 Å². The molecular formula is C11H11BrClNS2. The molecule has 1 N–H and O–H groups in total. The van der Waals surface area contributed by atoms with Gasteiger partial charge in [-0.3, -0.25) is 0 Å². The molecule has 16 heavy (non-hydrogen) atoms. The molecule has 1 atom stereocenters. The monoisotopic (exact) mass is 335 g/mol. The van der Waals surface area contributed by atoms with Crippen molar-refractivity contribution >= 4 is 50.2 Å². The minimum atomic E-state index is 0.243. The molecule has 0 aromatic carbocycles. The lowest BCUT2D eigenvalue weighted by molar-refractivity contribution is 0.716. The Kier molecular flexibility index (Phi) is 4.08. The average Bonchev–Trinajstić information content (AvgIpc) is 2.77. The summed E-state index contributed by atoms with van der Waals surface area (Å²) in [5.74, 6) is 0. The Hall–Kier alpha value is 0.130. The molecule has 0 bridgehead atoms. The summed E-state index contributed by atoms with van der Waals surface area (Å²) in [6, 6.07) is 6.44. The Balaban J connectivity index is 2.36.